The number of hydrogen-bond acceptors (Lipinski definition) is 2. The van der Waals surface area contributed by atoms with Gasteiger partial charge in [0.05, 0.1) is 0 Å². The number of benzene rings is 1. The Hall–Kier alpha value is -0.640. The maximum atomic E-state index is 12.9. The standard InChI is InChI=1S/C13H18ClFN2/c1-17(12-4-6-16-7-5-12)9-10-2-3-11(15)8-13(10)14/h2-3,8,12,16H,4-7,9H2,1H3. The molecule has 1 aromatic rings. The van der Waals surface area contributed by atoms with E-state index < -0.39 is 0 Å². The monoisotopic (exact) mass is 256 g/mol. The van der Waals surface area contributed by atoms with Gasteiger partial charge in [0, 0.05) is 17.6 Å². The molecule has 94 valence electrons. The number of nitrogens with one attached hydrogen (secondary N) is 1. The van der Waals surface area contributed by atoms with Crippen molar-refractivity contribution >= 4 is 11.6 Å². The molecule has 1 saturated heterocycles. The van der Waals surface area contributed by atoms with Crippen LogP contribution in [0.2, 0.25) is 5.02 Å². The third kappa shape index (κ3) is 3.41. The Bertz CT molecular complexity index is 378. The van der Waals surface area contributed by atoms with E-state index in [1.54, 1.807) is 6.07 Å². The highest BCUT2D eigenvalue weighted by Gasteiger charge is 2.18. The van der Waals surface area contributed by atoms with E-state index in [9.17, 15) is 4.39 Å². The number of rotatable bonds is 3. The third-order valence-electron chi connectivity index (χ3n) is 3.37. The number of nitrogens with zero attached hydrogens (tertiary/aromatic N) is 1. The molecule has 0 amide bonds. The minimum atomic E-state index is -0.275. The summed E-state index contributed by atoms with van der Waals surface area (Å²) < 4.78 is 12.9. The van der Waals surface area contributed by atoms with Gasteiger partial charge in [-0.3, -0.25) is 4.90 Å². The minimum Gasteiger partial charge on any atom is -0.317 e. The maximum Gasteiger partial charge on any atom is 0.124 e. The fourth-order valence-corrected chi connectivity index (χ4v) is 2.52. The highest BCUT2D eigenvalue weighted by molar-refractivity contribution is 6.31. The van der Waals surface area contributed by atoms with Gasteiger partial charge < -0.3 is 5.32 Å². The van der Waals surface area contributed by atoms with E-state index in [2.05, 4.69) is 17.3 Å². The lowest BCUT2D eigenvalue weighted by atomic mass is 10.0. The van der Waals surface area contributed by atoms with Crippen LogP contribution in [0.25, 0.3) is 0 Å². The predicted octanol–water partition coefficient (Wildman–Crippen LogP) is 2.66. The molecule has 0 aromatic heterocycles. The Balaban J connectivity index is 1.99. The van der Waals surface area contributed by atoms with E-state index in [4.69, 9.17) is 11.6 Å². The van der Waals surface area contributed by atoms with Crippen LogP contribution < -0.4 is 5.32 Å². The van der Waals surface area contributed by atoms with Crippen LogP contribution in [0.4, 0.5) is 4.39 Å². The zero-order chi connectivity index (χ0) is 12.3. The Kier molecular flexibility index (Phi) is 4.37. The van der Waals surface area contributed by atoms with Gasteiger partial charge in [-0.05, 0) is 50.7 Å². The Labute approximate surface area is 107 Å². The summed E-state index contributed by atoms with van der Waals surface area (Å²) >= 11 is 6.03. The Morgan fingerprint density at radius 1 is 1.41 bits per heavy atom. The summed E-state index contributed by atoms with van der Waals surface area (Å²) in [7, 11) is 2.11. The molecular weight excluding hydrogens is 239 g/mol. The lowest BCUT2D eigenvalue weighted by Crippen LogP contribution is -2.40. The van der Waals surface area contributed by atoms with Crippen LogP contribution in [0, 0.1) is 5.82 Å². The van der Waals surface area contributed by atoms with E-state index in [0.717, 1.165) is 38.0 Å². The smallest absolute Gasteiger partial charge is 0.124 e. The highest BCUT2D eigenvalue weighted by Crippen LogP contribution is 2.21. The molecule has 1 aliphatic rings. The first-order valence-corrected chi connectivity index (χ1v) is 6.39. The number of hydrogen-bond donors (Lipinski definition) is 1. The van der Waals surface area contributed by atoms with Crippen LogP contribution in [0.15, 0.2) is 18.2 Å². The van der Waals surface area contributed by atoms with Gasteiger partial charge in [0.15, 0.2) is 0 Å². The summed E-state index contributed by atoms with van der Waals surface area (Å²) in [4.78, 5) is 2.31. The maximum absolute atomic E-state index is 12.9. The van der Waals surface area contributed by atoms with Gasteiger partial charge in [0.25, 0.3) is 0 Å². The molecule has 4 heteroatoms. The minimum absolute atomic E-state index is 0.275. The molecule has 0 aliphatic carbocycles. The molecule has 1 aliphatic heterocycles. The van der Waals surface area contributed by atoms with Gasteiger partial charge >= 0.3 is 0 Å². The predicted molar refractivity (Wildman–Crippen MR) is 68.8 cm³/mol. The molecular formula is C13H18ClFN2. The van der Waals surface area contributed by atoms with Crippen molar-refractivity contribution in [2.75, 3.05) is 20.1 Å². The third-order valence-corrected chi connectivity index (χ3v) is 3.72. The topological polar surface area (TPSA) is 15.3 Å². The quantitative estimate of drug-likeness (QED) is 0.895. The average Bonchev–Trinajstić information content (AvgIpc) is 2.34. The first-order chi connectivity index (χ1) is 8.16. The molecule has 1 heterocycles. The summed E-state index contributed by atoms with van der Waals surface area (Å²) in [5.74, 6) is -0.275. The van der Waals surface area contributed by atoms with Gasteiger partial charge in [-0.15, -0.1) is 0 Å². The number of halogens is 2. The van der Waals surface area contributed by atoms with Crippen LogP contribution in [0.3, 0.4) is 0 Å². The van der Waals surface area contributed by atoms with Crippen LogP contribution >= 0.6 is 11.6 Å². The lowest BCUT2D eigenvalue weighted by Gasteiger charge is -2.31. The molecule has 0 atom stereocenters. The fourth-order valence-electron chi connectivity index (χ4n) is 2.30. The van der Waals surface area contributed by atoms with Gasteiger partial charge in [-0.1, -0.05) is 17.7 Å². The molecule has 0 saturated carbocycles. The molecule has 2 nitrogen and oxygen atoms in total. The largest absolute Gasteiger partial charge is 0.317 e. The van der Waals surface area contributed by atoms with Crippen LogP contribution in [-0.4, -0.2) is 31.1 Å². The second kappa shape index (κ2) is 5.80. The van der Waals surface area contributed by atoms with Gasteiger partial charge in [0.2, 0.25) is 0 Å². The summed E-state index contributed by atoms with van der Waals surface area (Å²) in [6.45, 7) is 2.93. The van der Waals surface area contributed by atoms with Crippen molar-refractivity contribution in [3.63, 3.8) is 0 Å². The van der Waals surface area contributed by atoms with Crippen molar-refractivity contribution in [3.8, 4) is 0 Å². The van der Waals surface area contributed by atoms with Gasteiger partial charge in [-0.25, -0.2) is 4.39 Å². The molecule has 0 spiro atoms. The molecule has 17 heavy (non-hydrogen) atoms. The van der Waals surface area contributed by atoms with Crippen molar-refractivity contribution in [3.05, 3.63) is 34.6 Å². The van der Waals surface area contributed by atoms with Crippen LogP contribution in [-0.2, 0) is 6.54 Å². The van der Waals surface area contributed by atoms with E-state index in [0.29, 0.717) is 11.1 Å². The average molecular weight is 257 g/mol. The SMILES string of the molecule is CN(Cc1ccc(F)cc1Cl)C1CCNCC1. The molecule has 2 rings (SSSR count). The first-order valence-electron chi connectivity index (χ1n) is 6.01. The zero-order valence-electron chi connectivity index (χ0n) is 10.0. The lowest BCUT2D eigenvalue weighted by molar-refractivity contribution is 0.192. The van der Waals surface area contributed by atoms with Crippen molar-refractivity contribution in [2.45, 2.75) is 25.4 Å². The Morgan fingerprint density at radius 2 is 2.12 bits per heavy atom. The van der Waals surface area contributed by atoms with Crippen molar-refractivity contribution in [2.24, 2.45) is 0 Å². The molecule has 0 radical (unpaired) electrons. The molecule has 0 unspecified atom stereocenters. The zero-order valence-corrected chi connectivity index (χ0v) is 10.8. The normalized spacial score (nSPS) is 17.6. The summed E-state index contributed by atoms with van der Waals surface area (Å²) in [5.41, 5.74) is 0.995. The van der Waals surface area contributed by atoms with Gasteiger partial charge in [0.1, 0.15) is 5.82 Å². The summed E-state index contributed by atoms with van der Waals surface area (Å²) in [5, 5.41) is 3.87. The van der Waals surface area contributed by atoms with E-state index >= 15 is 0 Å². The van der Waals surface area contributed by atoms with E-state index in [1.165, 1.54) is 12.1 Å². The molecule has 1 fully saturated rings. The molecule has 1 N–H and O–H groups in total. The molecule has 1 aromatic carbocycles. The van der Waals surface area contributed by atoms with Crippen molar-refractivity contribution in [1.29, 1.82) is 0 Å². The van der Waals surface area contributed by atoms with E-state index in [1.807, 2.05) is 0 Å². The highest BCUT2D eigenvalue weighted by atomic mass is 35.5. The second-order valence-corrected chi connectivity index (χ2v) is 5.04. The second-order valence-electron chi connectivity index (χ2n) is 4.63. The summed E-state index contributed by atoms with van der Waals surface area (Å²) in [6, 6.07) is 5.22. The first kappa shape index (κ1) is 12.8. The van der Waals surface area contributed by atoms with Crippen molar-refractivity contribution < 1.29 is 4.39 Å². The fraction of sp³-hybridized carbons (Fsp3) is 0.538. The Morgan fingerprint density at radius 3 is 2.76 bits per heavy atom. The van der Waals surface area contributed by atoms with Crippen LogP contribution in [0.1, 0.15) is 18.4 Å². The van der Waals surface area contributed by atoms with Crippen molar-refractivity contribution in [1.82, 2.24) is 10.2 Å². The van der Waals surface area contributed by atoms with Gasteiger partial charge in [-0.2, -0.15) is 0 Å². The summed E-state index contributed by atoms with van der Waals surface area (Å²) in [6.07, 6.45) is 2.32. The number of piperidine rings is 1. The van der Waals surface area contributed by atoms with E-state index in [-0.39, 0.29) is 5.82 Å². The molecule has 0 bridgehead atoms. The van der Waals surface area contributed by atoms with Crippen LogP contribution in [0.5, 0.6) is 0 Å².